The van der Waals surface area contributed by atoms with Crippen molar-refractivity contribution < 1.29 is 9.84 Å². The summed E-state index contributed by atoms with van der Waals surface area (Å²) in [5.41, 5.74) is 3.19. The predicted octanol–water partition coefficient (Wildman–Crippen LogP) is 1.05. The van der Waals surface area contributed by atoms with Crippen LogP contribution in [0.15, 0.2) is 0 Å². The third-order valence-corrected chi connectivity index (χ3v) is 3.94. The first kappa shape index (κ1) is 14.5. The summed E-state index contributed by atoms with van der Waals surface area (Å²) in [6.07, 6.45) is 1.22. The van der Waals surface area contributed by atoms with Crippen LogP contribution >= 0.6 is 0 Å². The lowest BCUT2D eigenvalue weighted by atomic mass is 10.1. The summed E-state index contributed by atoms with van der Waals surface area (Å²) in [6, 6.07) is 0. The number of nitrogens with zero attached hydrogens (tertiary/aromatic N) is 3. The molecule has 1 fully saturated rings. The number of hydrogen-bond donors (Lipinski definition) is 1. The molecule has 1 aromatic heterocycles. The van der Waals surface area contributed by atoms with Crippen LogP contribution in [0, 0.1) is 6.92 Å². The largest absolute Gasteiger partial charge is 0.387 e. The highest BCUT2D eigenvalue weighted by atomic mass is 16.5. The van der Waals surface area contributed by atoms with Gasteiger partial charge in [-0.1, -0.05) is 6.92 Å². The van der Waals surface area contributed by atoms with Crippen molar-refractivity contribution in [3.63, 3.8) is 0 Å². The van der Waals surface area contributed by atoms with Crippen molar-refractivity contribution >= 4 is 0 Å². The summed E-state index contributed by atoms with van der Waals surface area (Å²) < 4.78 is 7.22. The average Bonchev–Trinajstić information content (AvgIpc) is 2.72. The van der Waals surface area contributed by atoms with Crippen molar-refractivity contribution in [2.24, 2.45) is 7.05 Å². The van der Waals surface area contributed by atoms with Crippen molar-refractivity contribution in [3.8, 4) is 0 Å². The van der Waals surface area contributed by atoms with E-state index in [4.69, 9.17) is 4.74 Å². The van der Waals surface area contributed by atoms with Crippen LogP contribution in [-0.2, 0) is 18.2 Å². The number of aliphatic hydroxyl groups excluding tert-OH is 1. The van der Waals surface area contributed by atoms with Crippen LogP contribution < -0.4 is 0 Å². The van der Waals surface area contributed by atoms with Crippen molar-refractivity contribution in [2.45, 2.75) is 32.8 Å². The molecule has 0 aliphatic carbocycles. The Balaban J connectivity index is 1.93. The molecule has 0 unspecified atom stereocenters. The third kappa shape index (κ3) is 3.35. The van der Waals surface area contributed by atoms with E-state index < -0.39 is 6.10 Å². The van der Waals surface area contributed by atoms with E-state index in [0.29, 0.717) is 0 Å². The number of aryl methyl sites for hydroxylation is 1. The molecule has 1 saturated heterocycles. The average molecular weight is 267 g/mol. The fraction of sp³-hybridized carbons (Fsp3) is 0.786. The highest BCUT2D eigenvalue weighted by molar-refractivity contribution is 5.26. The first-order valence-corrected chi connectivity index (χ1v) is 7.14. The van der Waals surface area contributed by atoms with Gasteiger partial charge in [0.2, 0.25) is 0 Å². The van der Waals surface area contributed by atoms with E-state index >= 15 is 0 Å². The summed E-state index contributed by atoms with van der Waals surface area (Å²) >= 11 is 0. The summed E-state index contributed by atoms with van der Waals surface area (Å²) in [7, 11) is 1.95. The summed E-state index contributed by atoms with van der Waals surface area (Å²) in [5, 5.41) is 14.8. The maximum Gasteiger partial charge on any atom is 0.0993 e. The van der Waals surface area contributed by atoms with Crippen LogP contribution in [0.1, 0.15) is 36.4 Å². The van der Waals surface area contributed by atoms with Gasteiger partial charge < -0.3 is 9.84 Å². The molecule has 0 radical (unpaired) electrons. The Labute approximate surface area is 115 Å². The zero-order valence-corrected chi connectivity index (χ0v) is 12.2. The van der Waals surface area contributed by atoms with Crippen LogP contribution in [0.5, 0.6) is 0 Å². The molecular weight excluding hydrogens is 242 g/mol. The van der Waals surface area contributed by atoms with Gasteiger partial charge in [-0.05, 0) is 25.3 Å². The Morgan fingerprint density at radius 1 is 1.37 bits per heavy atom. The Morgan fingerprint density at radius 3 is 2.63 bits per heavy atom. The maximum absolute atomic E-state index is 10.3. The molecule has 0 saturated carbocycles. The SMILES string of the molecule is CCc1c(C)c([C@H](O)CCN2CCOCC2)nn1C. The fourth-order valence-electron chi connectivity index (χ4n) is 2.76. The second kappa shape index (κ2) is 6.50. The van der Waals surface area contributed by atoms with Gasteiger partial charge in [-0.2, -0.15) is 5.10 Å². The smallest absolute Gasteiger partial charge is 0.0993 e. The standard InChI is InChI=1S/C14H25N3O2/c1-4-12-11(2)14(15-16(12)3)13(18)5-6-17-7-9-19-10-8-17/h13,18H,4-10H2,1-3H3/t13-/m1/s1. The quantitative estimate of drug-likeness (QED) is 0.866. The lowest BCUT2D eigenvalue weighted by molar-refractivity contribution is 0.0296. The second-order valence-electron chi connectivity index (χ2n) is 5.19. The van der Waals surface area contributed by atoms with Gasteiger partial charge in [-0.25, -0.2) is 0 Å². The molecule has 108 valence electrons. The molecule has 19 heavy (non-hydrogen) atoms. The highest BCUT2D eigenvalue weighted by Crippen LogP contribution is 2.22. The van der Waals surface area contributed by atoms with Crippen LogP contribution in [0.4, 0.5) is 0 Å². The molecule has 5 heteroatoms. The molecule has 0 aromatic carbocycles. The Kier molecular flexibility index (Phi) is 4.96. The number of rotatable bonds is 5. The predicted molar refractivity (Wildman–Crippen MR) is 74.2 cm³/mol. The van der Waals surface area contributed by atoms with E-state index in [0.717, 1.165) is 56.9 Å². The first-order chi connectivity index (χ1) is 9.13. The lowest BCUT2D eigenvalue weighted by Gasteiger charge is -2.27. The van der Waals surface area contributed by atoms with Crippen molar-refractivity contribution in [3.05, 3.63) is 17.0 Å². The minimum absolute atomic E-state index is 0.464. The number of hydrogen-bond acceptors (Lipinski definition) is 4. The topological polar surface area (TPSA) is 50.5 Å². The third-order valence-electron chi connectivity index (χ3n) is 3.94. The molecule has 1 N–H and O–H groups in total. The minimum Gasteiger partial charge on any atom is -0.387 e. The molecule has 0 spiro atoms. The van der Waals surface area contributed by atoms with Crippen LogP contribution in [0.3, 0.4) is 0 Å². The normalized spacial score (nSPS) is 18.7. The van der Waals surface area contributed by atoms with Gasteiger partial charge in [0.25, 0.3) is 0 Å². The molecule has 0 bridgehead atoms. The van der Waals surface area contributed by atoms with E-state index in [1.54, 1.807) is 0 Å². The molecule has 1 atom stereocenters. The van der Waals surface area contributed by atoms with Crippen molar-refractivity contribution in [2.75, 3.05) is 32.8 Å². The maximum atomic E-state index is 10.3. The van der Waals surface area contributed by atoms with Crippen LogP contribution in [0.2, 0.25) is 0 Å². The zero-order valence-electron chi connectivity index (χ0n) is 12.2. The van der Waals surface area contributed by atoms with Gasteiger partial charge in [0, 0.05) is 32.4 Å². The highest BCUT2D eigenvalue weighted by Gasteiger charge is 2.19. The number of morpholine rings is 1. The molecule has 1 aliphatic heterocycles. The molecule has 1 aliphatic rings. The van der Waals surface area contributed by atoms with E-state index in [1.165, 1.54) is 5.69 Å². The van der Waals surface area contributed by atoms with Gasteiger partial charge in [-0.15, -0.1) is 0 Å². The van der Waals surface area contributed by atoms with Crippen LogP contribution in [0.25, 0.3) is 0 Å². The Morgan fingerprint density at radius 2 is 2.05 bits per heavy atom. The summed E-state index contributed by atoms with van der Waals surface area (Å²) in [4.78, 5) is 2.34. The van der Waals surface area contributed by atoms with Gasteiger partial charge in [-0.3, -0.25) is 9.58 Å². The van der Waals surface area contributed by atoms with Gasteiger partial charge in [0.1, 0.15) is 0 Å². The van der Waals surface area contributed by atoms with E-state index in [2.05, 4.69) is 23.8 Å². The molecule has 0 amide bonds. The number of ether oxygens (including phenoxy) is 1. The molecule has 5 nitrogen and oxygen atoms in total. The minimum atomic E-state index is -0.464. The van der Waals surface area contributed by atoms with Crippen molar-refractivity contribution in [1.29, 1.82) is 0 Å². The molecule has 1 aromatic rings. The van der Waals surface area contributed by atoms with Gasteiger partial charge >= 0.3 is 0 Å². The number of aromatic nitrogens is 2. The molecule has 2 rings (SSSR count). The van der Waals surface area contributed by atoms with Crippen LogP contribution in [-0.4, -0.2) is 52.6 Å². The van der Waals surface area contributed by atoms with E-state index in [1.807, 2.05) is 11.7 Å². The molecule has 2 heterocycles. The molecular formula is C14H25N3O2. The Bertz CT molecular complexity index is 411. The Hall–Kier alpha value is -0.910. The fourth-order valence-corrected chi connectivity index (χ4v) is 2.76. The number of aliphatic hydroxyl groups is 1. The summed E-state index contributed by atoms with van der Waals surface area (Å²) in [5.74, 6) is 0. The van der Waals surface area contributed by atoms with Gasteiger partial charge in [0.05, 0.1) is 25.0 Å². The second-order valence-corrected chi connectivity index (χ2v) is 5.19. The van der Waals surface area contributed by atoms with E-state index in [-0.39, 0.29) is 0 Å². The van der Waals surface area contributed by atoms with Crippen molar-refractivity contribution in [1.82, 2.24) is 14.7 Å². The van der Waals surface area contributed by atoms with Gasteiger partial charge in [0.15, 0.2) is 0 Å². The van der Waals surface area contributed by atoms with E-state index in [9.17, 15) is 5.11 Å². The monoisotopic (exact) mass is 267 g/mol. The zero-order chi connectivity index (χ0) is 13.8. The lowest BCUT2D eigenvalue weighted by Crippen LogP contribution is -2.37. The summed E-state index contributed by atoms with van der Waals surface area (Å²) in [6.45, 7) is 8.62. The first-order valence-electron chi connectivity index (χ1n) is 7.14.